The third-order valence-electron chi connectivity index (χ3n) is 3.77. The summed E-state index contributed by atoms with van der Waals surface area (Å²) < 4.78 is 0. The van der Waals surface area contributed by atoms with E-state index in [1.165, 1.54) is 5.56 Å². The number of hydrogen-bond donors (Lipinski definition) is 1. The Morgan fingerprint density at radius 3 is 2.50 bits per heavy atom. The SMILES string of the molecule is CC(=O)N(CCNC(=O)C1CC1)c1ccc(C)c(C)c1. The molecule has 0 aromatic heterocycles. The molecule has 0 aliphatic heterocycles. The summed E-state index contributed by atoms with van der Waals surface area (Å²) in [5.41, 5.74) is 3.26. The Morgan fingerprint density at radius 2 is 1.95 bits per heavy atom. The lowest BCUT2D eigenvalue weighted by Gasteiger charge is -2.22. The summed E-state index contributed by atoms with van der Waals surface area (Å²) in [5, 5.41) is 2.89. The quantitative estimate of drug-likeness (QED) is 0.894. The lowest BCUT2D eigenvalue weighted by molar-refractivity contribution is -0.122. The average molecular weight is 274 g/mol. The first kappa shape index (κ1) is 14.6. The predicted molar refractivity (Wildman–Crippen MR) is 79.7 cm³/mol. The third kappa shape index (κ3) is 3.59. The zero-order valence-electron chi connectivity index (χ0n) is 12.4. The van der Waals surface area contributed by atoms with E-state index >= 15 is 0 Å². The van der Waals surface area contributed by atoms with Crippen LogP contribution in [0.2, 0.25) is 0 Å². The number of amides is 2. The molecule has 1 saturated carbocycles. The van der Waals surface area contributed by atoms with Crippen molar-refractivity contribution in [1.82, 2.24) is 5.32 Å². The summed E-state index contributed by atoms with van der Waals surface area (Å²) in [4.78, 5) is 25.1. The van der Waals surface area contributed by atoms with Crippen molar-refractivity contribution in [3.05, 3.63) is 29.3 Å². The van der Waals surface area contributed by atoms with E-state index in [9.17, 15) is 9.59 Å². The molecule has 0 unspecified atom stereocenters. The van der Waals surface area contributed by atoms with Gasteiger partial charge in [-0.3, -0.25) is 9.59 Å². The number of nitrogens with zero attached hydrogens (tertiary/aromatic N) is 1. The first-order valence-electron chi connectivity index (χ1n) is 7.12. The van der Waals surface area contributed by atoms with E-state index in [1.807, 2.05) is 32.0 Å². The van der Waals surface area contributed by atoms with E-state index in [0.29, 0.717) is 13.1 Å². The topological polar surface area (TPSA) is 49.4 Å². The van der Waals surface area contributed by atoms with E-state index < -0.39 is 0 Å². The molecule has 1 aromatic carbocycles. The van der Waals surface area contributed by atoms with Gasteiger partial charge in [-0.25, -0.2) is 0 Å². The highest BCUT2D eigenvalue weighted by molar-refractivity contribution is 5.91. The van der Waals surface area contributed by atoms with Gasteiger partial charge in [-0.2, -0.15) is 0 Å². The van der Waals surface area contributed by atoms with Crippen molar-refractivity contribution in [2.24, 2.45) is 5.92 Å². The summed E-state index contributed by atoms with van der Waals surface area (Å²) in [7, 11) is 0. The summed E-state index contributed by atoms with van der Waals surface area (Å²) in [5.74, 6) is 0.324. The van der Waals surface area contributed by atoms with Crippen LogP contribution in [0.25, 0.3) is 0 Å². The van der Waals surface area contributed by atoms with Gasteiger partial charge >= 0.3 is 0 Å². The molecule has 20 heavy (non-hydrogen) atoms. The van der Waals surface area contributed by atoms with Gasteiger partial charge in [-0.05, 0) is 49.9 Å². The van der Waals surface area contributed by atoms with Crippen LogP contribution in [0.4, 0.5) is 5.69 Å². The second-order valence-electron chi connectivity index (χ2n) is 5.50. The number of rotatable bonds is 5. The minimum absolute atomic E-state index is 0.00563. The van der Waals surface area contributed by atoms with Gasteiger partial charge in [-0.1, -0.05) is 6.07 Å². The Kier molecular flexibility index (Phi) is 4.42. The zero-order valence-corrected chi connectivity index (χ0v) is 12.4. The Labute approximate surface area is 120 Å². The van der Waals surface area contributed by atoms with E-state index in [1.54, 1.807) is 11.8 Å². The summed E-state index contributed by atoms with van der Waals surface area (Å²) in [6, 6.07) is 5.98. The number of benzene rings is 1. The van der Waals surface area contributed by atoms with Gasteiger partial charge in [-0.15, -0.1) is 0 Å². The van der Waals surface area contributed by atoms with Crippen LogP contribution in [0.5, 0.6) is 0 Å². The van der Waals surface area contributed by atoms with Gasteiger partial charge in [0.2, 0.25) is 11.8 Å². The molecule has 2 rings (SSSR count). The molecule has 2 amide bonds. The van der Waals surface area contributed by atoms with E-state index in [4.69, 9.17) is 0 Å². The first-order valence-corrected chi connectivity index (χ1v) is 7.12. The highest BCUT2D eigenvalue weighted by Gasteiger charge is 2.29. The molecule has 1 aliphatic rings. The molecular weight excluding hydrogens is 252 g/mol. The van der Waals surface area contributed by atoms with E-state index in [-0.39, 0.29) is 17.7 Å². The van der Waals surface area contributed by atoms with Crippen LogP contribution in [0, 0.1) is 19.8 Å². The normalized spacial score (nSPS) is 13.9. The molecule has 0 spiro atoms. The largest absolute Gasteiger partial charge is 0.354 e. The minimum Gasteiger partial charge on any atom is -0.354 e. The molecule has 1 aliphatic carbocycles. The van der Waals surface area contributed by atoms with Crippen molar-refractivity contribution < 1.29 is 9.59 Å². The molecule has 108 valence electrons. The minimum atomic E-state index is -0.00563. The van der Waals surface area contributed by atoms with Crippen LogP contribution in [0.15, 0.2) is 18.2 Å². The number of anilines is 1. The number of carbonyl (C=O) groups excluding carboxylic acids is 2. The van der Waals surface area contributed by atoms with Crippen LogP contribution in [0.1, 0.15) is 30.9 Å². The fourth-order valence-corrected chi connectivity index (χ4v) is 2.14. The maximum Gasteiger partial charge on any atom is 0.223 e. The van der Waals surface area contributed by atoms with Crippen LogP contribution in [-0.2, 0) is 9.59 Å². The van der Waals surface area contributed by atoms with E-state index in [0.717, 1.165) is 24.1 Å². The maximum absolute atomic E-state index is 11.8. The fourth-order valence-electron chi connectivity index (χ4n) is 2.14. The molecule has 4 heteroatoms. The van der Waals surface area contributed by atoms with E-state index in [2.05, 4.69) is 5.32 Å². The van der Waals surface area contributed by atoms with Crippen LogP contribution in [-0.4, -0.2) is 24.9 Å². The molecule has 0 atom stereocenters. The van der Waals surface area contributed by atoms with Crippen LogP contribution in [0.3, 0.4) is 0 Å². The first-order chi connectivity index (χ1) is 9.49. The highest BCUT2D eigenvalue weighted by atomic mass is 16.2. The zero-order chi connectivity index (χ0) is 14.7. The Morgan fingerprint density at radius 1 is 1.25 bits per heavy atom. The lowest BCUT2D eigenvalue weighted by atomic mass is 10.1. The highest BCUT2D eigenvalue weighted by Crippen LogP contribution is 2.28. The molecule has 1 N–H and O–H groups in total. The molecule has 0 radical (unpaired) electrons. The number of nitrogens with one attached hydrogen (secondary N) is 1. The molecule has 0 heterocycles. The number of aryl methyl sites for hydroxylation is 2. The van der Waals surface area contributed by atoms with Gasteiger partial charge in [0, 0.05) is 31.6 Å². The van der Waals surface area contributed by atoms with Crippen molar-refractivity contribution in [2.75, 3.05) is 18.0 Å². The summed E-state index contributed by atoms with van der Waals surface area (Å²) in [6.45, 7) is 6.65. The molecule has 1 fully saturated rings. The fraction of sp³-hybridized carbons (Fsp3) is 0.500. The molecule has 0 saturated heterocycles. The van der Waals surface area contributed by atoms with Gasteiger partial charge in [0.1, 0.15) is 0 Å². The number of carbonyl (C=O) groups is 2. The molecule has 0 bridgehead atoms. The summed E-state index contributed by atoms with van der Waals surface area (Å²) >= 11 is 0. The Hall–Kier alpha value is -1.84. The number of hydrogen-bond acceptors (Lipinski definition) is 2. The van der Waals surface area contributed by atoms with Crippen molar-refractivity contribution in [3.8, 4) is 0 Å². The van der Waals surface area contributed by atoms with Crippen LogP contribution < -0.4 is 10.2 Å². The molecular formula is C16H22N2O2. The van der Waals surface area contributed by atoms with Crippen molar-refractivity contribution in [2.45, 2.75) is 33.6 Å². The average Bonchev–Trinajstić information content (AvgIpc) is 3.22. The second kappa shape index (κ2) is 6.07. The van der Waals surface area contributed by atoms with Gasteiger partial charge in [0.15, 0.2) is 0 Å². The van der Waals surface area contributed by atoms with Gasteiger partial charge in [0.25, 0.3) is 0 Å². The monoisotopic (exact) mass is 274 g/mol. The molecule has 4 nitrogen and oxygen atoms in total. The maximum atomic E-state index is 11.8. The van der Waals surface area contributed by atoms with Crippen LogP contribution >= 0.6 is 0 Å². The second-order valence-corrected chi connectivity index (χ2v) is 5.50. The van der Waals surface area contributed by atoms with Crippen molar-refractivity contribution in [3.63, 3.8) is 0 Å². The summed E-state index contributed by atoms with van der Waals surface area (Å²) in [6.07, 6.45) is 2.00. The predicted octanol–water partition coefficient (Wildman–Crippen LogP) is 2.18. The Bertz CT molecular complexity index is 521. The smallest absolute Gasteiger partial charge is 0.223 e. The van der Waals surface area contributed by atoms with Crippen molar-refractivity contribution >= 4 is 17.5 Å². The standard InChI is InChI=1S/C16H22N2O2/c1-11-4-7-15(10-12(11)2)18(13(3)19)9-8-17-16(20)14-5-6-14/h4,7,10,14H,5-6,8-9H2,1-3H3,(H,17,20). The van der Waals surface area contributed by atoms with Crippen molar-refractivity contribution in [1.29, 1.82) is 0 Å². The molecule has 1 aromatic rings. The van der Waals surface area contributed by atoms with Gasteiger partial charge in [0.05, 0.1) is 0 Å². The lowest BCUT2D eigenvalue weighted by Crippen LogP contribution is -2.38. The Balaban J connectivity index is 1.97. The third-order valence-corrected chi connectivity index (χ3v) is 3.77. The van der Waals surface area contributed by atoms with Gasteiger partial charge < -0.3 is 10.2 Å².